The first kappa shape index (κ1) is 15.1. The molecule has 110 valence electrons. The van der Waals surface area contributed by atoms with Crippen molar-refractivity contribution in [3.8, 4) is 0 Å². The third kappa shape index (κ3) is 2.91. The first-order chi connectivity index (χ1) is 9.58. The van der Waals surface area contributed by atoms with Crippen molar-refractivity contribution in [2.24, 2.45) is 0 Å². The van der Waals surface area contributed by atoms with Gasteiger partial charge in [0.05, 0.1) is 10.7 Å². The zero-order valence-electron chi connectivity index (χ0n) is 12.2. The van der Waals surface area contributed by atoms with E-state index in [2.05, 4.69) is 28.5 Å². The molecule has 2 unspecified atom stereocenters. The highest BCUT2D eigenvalue weighted by molar-refractivity contribution is 6.33. The average molecular weight is 296 g/mol. The van der Waals surface area contributed by atoms with Crippen molar-refractivity contribution < 1.29 is 4.79 Å². The van der Waals surface area contributed by atoms with Gasteiger partial charge in [0.1, 0.15) is 6.04 Å². The van der Waals surface area contributed by atoms with Crippen molar-refractivity contribution in [3.63, 3.8) is 0 Å². The van der Waals surface area contributed by atoms with Gasteiger partial charge in [0, 0.05) is 19.1 Å². The lowest BCUT2D eigenvalue weighted by molar-refractivity contribution is -0.123. The summed E-state index contributed by atoms with van der Waals surface area (Å²) in [6.45, 7) is 5.58. The third-order valence-corrected chi connectivity index (χ3v) is 4.23. The van der Waals surface area contributed by atoms with Gasteiger partial charge in [0.25, 0.3) is 0 Å². The van der Waals surface area contributed by atoms with Crippen molar-refractivity contribution in [1.29, 1.82) is 0 Å². The third-order valence-electron chi connectivity index (χ3n) is 3.93. The predicted molar refractivity (Wildman–Crippen MR) is 83.4 cm³/mol. The second-order valence-electron chi connectivity index (χ2n) is 5.13. The summed E-state index contributed by atoms with van der Waals surface area (Å²) in [4.78, 5) is 14.0. The molecular weight excluding hydrogens is 274 g/mol. The molecule has 1 aromatic carbocycles. The molecule has 2 N–H and O–H groups in total. The number of rotatable bonds is 4. The van der Waals surface area contributed by atoms with Crippen LogP contribution in [0.25, 0.3) is 0 Å². The van der Waals surface area contributed by atoms with Crippen LogP contribution in [0.2, 0.25) is 5.02 Å². The number of halogens is 1. The number of benzene rings is 1. The molecule has 5 heteroatoms. The van der Waals surface area contributed by atoms with Crippen LogP contribution < -0.4 is 15.5 Å². The zero-order valence-corrected chi connectivity index (χ0v) is 13.0. The molecule has 4 nitrogen and oxygen atoms in total. The minimum atomic E-state index is -0.131. The normalized spacial score (nSPS) is 20.7. The molecule has 0 saturated carbocycles. The molecule has 0 radical (unpaired) electrons. The van der Waals surface area contributed by atoms with E-state index in [1.165, 1.54) is 0 Å². The minimum absolute atomic E-state index is 0.0856. The molecule has 1 saturated heterocycles. The number of hydrogen-bond acceptors (Lipinski definition) is 3. The molecule has 0 aliphatic carbocycles. The van der Waals surface area contributed by atoms with Crippen LogP contribution in [0.4, 0.5) is 5.69 Å². The van der Waals surface area contributed by atoms with Crippen LogP contribution in [0.15, 0.2) is 18.2 Å². The highest BCUT2D eigenvalue weighted by atomic mass is 35.5. The van der Waals surface area contributed by atoms with Crippen molar-refractivity contribution in [1.82, 2.24) is 10.6 Å². The van der Waals surface area contributed by atoms with Crippen molar-refractivity contribution in [2.75, 3.05) is 25.0 Å². The van der Waals surface area contributed by atoms with E-state index >= 15 is 0 Å². The highest BCUT2D eigenvalue weighted by Gasteiger charge is 2.29. The molecule has 2 atom stereocenters. The van der Waals surface area contributed by atoms with Crippen LogP contribution in [0, 0.1) is 0 Å². The number of carbonyl (C=O) groups is 1. The molecule has 1 aliphatic heterocycles. The molecule has 1 amide bonds. The van der Waals surface area contributed by atoms with E-state index in [1.54, 1.807) is 0 Å². The fourth-order valence-electron chi connectivity index (χ4n) is 2.60. The fraction of sp³-hybridized carbons (Fsp3) is 0.533. The number of piperazine rings is 1. The molecule has 1 heterocycles. The summed E-state index contributed by atoms with van der Waals surface area (Å²) in [6, 6.07) is 6.20. The summed E-state index contributed by atoms with van der Waals surface area (Å²) in [6.07, 6.45) is 0.775. The Kier molecular flexibility index (Phi) is 4.89. The molecular formula is C15H22ClN3O. The topological polar surface area (TPSA) is 44.4 Å². The molecule has 1 aliphatic rings. The Morgan fingerprint density at radius 3 is 2.90 bits per heavy atom. The van der Waals surface area contributed by atoms with Gasteiger partial charge < -0.3 is 15.5 Å². The molecule has 0 spiro atoms. The number of nitrogens with one attached hydrogen (secondary N) is 2. The first-order valence-electron chi connectivity index (χ1n) is 7.09. The highest BCUT2D eigenvalue weighted by Crippen LogP contribution is 2.31. The quantitative estimate of drug-likeness (QED) is 0.896. The van der Waals surface area contributed by atoms with Crippen LogP contribution in [-0.2, 0) is 4.79 Å². The Bertz CT molecular complexity index is 492. The lowest BCUT2D eigenvalue weighted by atomic mass is 10.1. The summed E-state index contributed by atoms with van der Waals surface area (Å²) in [5.74, 6) is 0.0856. The Morgan fingerprint density at radius 1 is 1.55 bits per heavy atom. The van der Waals surface area contributed by atoms with Gasteiger partial charge in [-0.15, -0.1) is 0 Å². The van der Waals surface area contributed by atoms with Crippen LogP contribution in [0.1, 0.15) is 31.9 Å². The molecule has 2 rings (SSSR count). The van der Waals surface area contributed by atoms with E-state index in [1.807, 2.05) is 26.1 Å². The van der Waals surface area contributed by atoms with Gasteiger partial charge in [-0.05, 0) is 38.1 Å². The van der Waals surface area contributed by atoms with Crippen LogP contribution in [-0.4, -0.2) is 32.1 Å². The van der Waals surface area contributed by atoms with Gasteiger partial charge >= 0.3 is 0 Å². The summed E-state index contributed by atoms with van der Waals surface area (Å²) >= 11 is 6.43. The van der Waals surface area contributed by atoms with E-state index in [4.69, 9.17) is 11.6 Å². The predicted octanol–water partition coefficient (Wildman–Crippen LogP) is 2.34. The first-order valence-corrected chi connectivity index (χ1v) is 7.47. The van der Waals surface area contributed by atoms with Gasteiger partial charge in [-0.2, -0.15) is 0 Å². The maximum atomic E-state index is 11.9. The van der Waals surface area contributed by atoms with Crippen LogP contribution in [0.5, 0.6) is 0 Å². The summed E-state index contributed by atoms with van der Waals surface area (Å²) in [5.41, 5.74) is 2.09. The van der Waals surface area contributed by atoms with Crippen molar-refractivity contribution >= 4 is 23.2 Å². The molecule has 1 aromatic rings. The zero-order chi connectivity index (χ0) is 14.7. The summed E-state index contributed by atoms with van der Waals surface area (Å²) < 4.78 is 0. The van der Waals surface area contributed by atoms with E-state index < -0.39 is 0 Å². The molecule has 0 aromatic heterocycles. The Morgan fingerprint density at radius 2 is 2.30 bits per heavy atom. The molecule has 0 bridgehead atoms. The lowest BCUT2D eigenvalue weighted by Gasteiger charge is -2.37. The average Bonchev–Trinajstić information content (AvgIpc) is 2.46. The molecule has 1 fully saturated rings. The Hall–Kier alpha value is -1.26. The van der Waals surface area contributed by atoms with Crippen LogP contribution >= 0.6 is 11.6 Å². The fourth-order valence-corrected chi connectivity index (χ4v) is 2.90. The standard InChI is InChI=1S/C15H22ClN3O/c1-4-13-15(20)18-7-8-19(13)14-6-5-11(9-12(14)16)10(2)17-3/h5-6,9-10,13,17H,4,7-8H2,1-3H3,(H,18,20). The monoisotopic (exact) mass is 295 g/mol. The van der Waals surface area contributed by atoms with Crippen molar-refractivity contribution in [2.45, 2.75) is 32.4 Å². The maximum absolute atomic E-state index is 11.9. The van der Waals surface area contributed by atoms with Gasteiger partial charge in [-0.1, -0.05) is 24.6 Å². The van der Waals surface area contributed by atoms with E-state index in [0.717, 1.165) is 24.2 Å². The maximum Gasteiger partial charge on any atom is 0.242 e. The van der Waals surface area contributed by atoms with Crippen LogP contribution in [0.3, 0.4) is 0 Å². The lowest BCUT2D eigenvalue weighted by Crippen LogP contribution is -2.55. The van der Waals surface area contributed by atoms with Gasteiger partial charge in [0.15, 0.2) is 0 Å². The second kappa shape index (κ2) is 6.46. The summed E-state index contributed by atoms with van der Waals surface area (Å²) in [5, 5.41) is 6.81. The smallest absolute Gasteiger partial charge is 0.242 e. The Labute approximate surface area is 125 Å². The number of nitrogens with zero attached hydrogens (tertiary/aromatic N) is 1. The largest absolute Gasteiger partial charge is 0.357 e. The van der Waals surface area contributed by atoms with E-state index in [9.17, 15) is 4.79 Å². The molecule has 20 heavy (non-hydrogen) atoms. The number of anilines is 1. The Balaban J connectivity index is 2.30. The van der Waals surface area contributed by atoms with Crippen molar-refractivity contribution in [3.05, 3.63) is 28.8 Å². The summed E-state index contributed by atoms with van der Waals surface area (Å²) in [7, 11) is 1.93. The SMILES string of the molecule is CCC1C(=O)NCCN1c1ccc(C(C)NC)cc1Cl. The van der Waals surface area contributed by atoms with E-state index in [0.29, 0.717) is 11.6 Å². The number of hydrogen-bond donors (Lipinski definition) is 2. The van der Waals surface area contributed by atoms with Gasteiger partial charge in [-0.25, -0.2) is 0 Å². The number of amides is 1. The van der Waals surface area contributed by atoms with Gasteiger partial charge in [0.2, 0.25) is 5.91 Å². The second-order valence-corrected chi connectivity index (χ2v) is 5.54. The minimum Gasteiger partial charge on any atom is -0.357 e. The number of carbonyl (C=O) groups excluding carboxylic acids is 1. The van der Waals surface area contributed by atoms with Gasteiger partial charge in [-0.3, -0.25) is 4.79 Å². The van der Waals surface area contributed by atoms with E-state index in [-0.39, 0.29) is 18.0 Å².